The zero-order valence-corrected chi connectivity index (χ0v) is 33.7. The molecule has 4 N–H and O–H groups in total. The molecule has 54 heavy (non-hydrogen) atoms. The lowest BCUT2D eigenvalue weighted by Crippen LogP contribution is -1.98. The number of nitrogens with zero attached hydrogens (tertiary/aromatic N) is 2. The Morgan fingerprint density at radius 3 is 1.57 bits per heavy atom. The third kappa shape index (κ3) is 7.45. The van der Waals surface area contributed by atoms with Gasteiger partial charge in [0.25, 0.3) is 0 Å². The van der Waals surface area contributed by atoms with Gasteiger partial charge in [-0.15, -0.1) is 57.1 Å². The molecule has 0 radical (unpaired) electrons. The fourth-order valence-corrected chi connectivity index (χ4v) is 11.9. The normalized spacial score (nSPS) is 11.5. The first-order valence-corrected chi connectivity index (χ1v) is 23.0. The Morgan fingerprint density at radius 2 is 1.09 bits per heavy atom. The maximum absolute atomic E-state index is 12.1. The highest BCUT2D eigenvalue weighted by molar-refractivity contribution is 8.00. The summed E-state index contributed by atoms with van der Waals surface area (Å²) < 4.78 is 25.5. The van der Waals surface area contributed by atoms with Crippen LogP contribution in [0.15, 0.2) is 147 Å². The second kappa shape index (κ2) is 15.5. The van der Waals surface area contributed by atoms with Gasteiger partial charge in [-0.3, -0.25) is 0 Å². The number of sulfone groups is 1. The number of hydrogen-bond acceptors (Lipinski definition) is 11. The molecule has 0 aliphatic heterocycles. The molecule has 0 amide bonds. The van der Waals surface area contributed by atoms with Crippen LogP contribution in [0.25, 0.3) is 63.8 Å². The van der Waals surface area contributed by atoms with Crippen molar-refractivity contribution in [2.45, 2.75) is 14.2 Å². The molecular weight excluding hydrogens is 785 g/mol. The molecule has 9 rings (SSSR count). The van der Waals surface area contributed by atoms with E-state index in [2.05, 4.69) is 77.1 Å². The first-order valence-electron chi connectivity index (χ1n) is 16.8. The number of hydrogen-bond donors (Lipinski definition) is 2. The zero-order chi connectivity index (χ0) is 37.2. The molecule has 9 aromatic rings. The molecule has 0 bridgehead atoms. The van der Waals surface area contributed by atoms with E-state index in [-0.39, 0.29) is 9.90 Å². The van der Waals surface area contributed by atoms with E-state index in [9.17, 15) is 8.42 Å². The summed E-state index contributed by atoms with van der Waals surface area (Å²) in [6.07, 6.45) is 1.18. The summed E-state index contributed by atoms with van der Waals surface area (Å²) in [5, 5.41) is 5.86. The smallest absolute Gasteiger partial charge is 0.187 e. The third-order valence-electron chi connectivity index (χ3n) is 8.60. The van der Waals surface area contributed by atoms with Gasteiger partial charge < -0.3 is 11.5 Å². The van der Waals surface area contributed by atoms with E-state index in [1.54, 1.807) is 45.8 Å². The number of nitrogen functional groups attached to an aromatic ring is 2. The molecule has 0 saturated heterocycles. The Balaban J connectivity index is 0.000000155. The molecule has 6 nitrogen and oxygen atoms in total. The van der Waals surface area contributed by atoms with Crippen LogP contribution in [0.2, 0.25) is 0 Å². The van der Waals surface area contributed by atoms with Crippen LogP contribution in [0.1, 0.15) is 5.56 Å². The minimum atomic E-state index is -3.40. The van der Waals surface area contributed by atoms with Crippen LogP contribution >= 0.6 is 57.1 Å². The molecule has 6 heterocycles. The summed E-state index contributed by atoms with van der Waals surface area (Å²) in [6.45, 7) is 0. The van der Waals surface area contributed by atoms with Crippen molar-refractivity contribution >= 4 is 98.8 Å². The number of aromatic nitrogens is 2. The van der Waals surface area contributed by atoms with E-state index in [1.165, 1.54) is 22.3 Å². The Bertz CT molecular complexity index is 2800. The number of fused-ring (bicyclic) bond motifs is 2. The topological polar surface area (TPSA) is 112 Å². The molecule has 268 valence electrons. The van der Waals surface area contributed by atoms with Gasteiger partial charge in [0.05, 0.1) is 36.7 Å². The van der Waals surface area contributed by atoms with Crippen molar-refractivity contribution in [1.29, 1.82) is 0 Å². The van der Waals surface area contributed by atoms with Gasteiger partial charge in [-0.1, -0.05) is 103 Å². The van der Waals surface area contributed by atoms with Crippen LogP contribution < -0.4 is 11.5 Å². The maximum Gasteiger partial charge on any atom is 0.187 e. The number of nitrogens with two attached hydrogens (primary N) is 2. The lowest BCUT2D eigenvalue weighted by molar-refractivity contribution is 0.604. The van der Waals surface area contributed by atoms with Crippen molar-refractivity contribution in [2.75, 3.05) is 17.7 Å². The third-order valence-corrected chi connectivity index (χ3v) is 15.8. The first kappa shape index (κ1) is 36.2. The molecule has 0 spiro atoms. The average molecular weight is 817 g/mol. The van der Waals surface area contributed by atoms with Crippen molar-refractivity contribution in [3.63, 3.8) is 0 Å². The van der Waals surface area contributed by atoms with Gasteiger partial charge in [0, 0.05) is 22.8 Å². The molecule has 0 unspecified atom stereocenters. The Labute approximate surface area is 333 Å². The van der Waals surface area contributed by atoms with Gasteiger partial charge in [-0.05, 0) is 62.8 Å². The van der Waals surface area contributed by atoms with Gasteiger partial charge >= 0.3 is 0 Å². The van der Waals surface area contributed by atoms with E-state index < -0.39 is 9.84 Å². The molecular formula is C42H32N4O2S6. The van der Waals surface area contributed by atoms with E-state index in [4.69, 9.17) is 16.5 Å². The fourth-order valence-electron chi connectivity index (χ4n) is 6.10. The molecule has 0 atom stereocenters. The van der Waals surface area contributed by atoms with Crippen molar-refractivity contribution in [3.8, 4) is 43.4 Å². The molecule has 0 aliphatic rings. The standard InChI is InChI=1S/C24H18N2S3.C18H14N2O2S3/c25-22-21-18(17-10-5-2-6-11-17)14-19(20-12-7-13-27-20)26-23(21)29-24(22)28-15-16-8-3-1-4-9-16;1-25(21,22)18-16(19)15-12(11-6-3-2-4-7-11)10-13(20-17(15)24-18)14-8-5-9-23-14/h1-14H,15,25H2;2-10H,19H2,1H3. The molecule has 6 aromatic heterocycles. The second-order valence-electron chi connectivity index (χ2n) is 12.3. The highest BCUT2D eigenvalue weighted by atomic mass is 32.2. The minimum Gasteiger partial charge on any atom is -0.397 e. The number of rotatable bonds is 8. The van der Waals surface area contributed by atoms with Gasteiger partial charge in [0.15, 0.2) is 9.84 Å². The number of thioether (sulfide) groups is 1. The molecule has 3 aromatic carbocycles. The first-order chi connectivity index (χ1) is 26.2. The van der Waals surface area contributed by atoms with E-state index in [1.807, 2.05) is 66.0 Å². The van der Waals surface area contributed by atoms with Crippen molar-refractivity contribution in [2.24, 2.45) is 0 Å². The fraction of sp³-hybridized carbons (Fsp3) is 0.0476. The van der Waals surface area contributed by atoms with Crippen molar-refractivity contribution < 1.29 is 8.42 Å². The lowest BCUT2D eigenvalue weighted by Gasteiger charge is -2.08. The van der Waals surface area contributed by atoms with E-state index >= 15 is 0 Å². The van der Waals surface area contributed by atoms with Crippen LogP contribution in [-0.2, 0) is 15.6 Å². The summed E-state index contributed by atoms with van der Waals surface area (Å²) in [5.41, 5.74) is 21.3. The number of benzene rings is 3. The van der Waals surface area contributed by atoms with E-state index in [0.717, 1.165) is 70.2 Å². The van der Waals surface area contributed by atoms with Crippen LogP contribution in [0.4, 0.5) is 11.4 Å². The SMILES string of the molecule is CS(=O)(=O)c1sc2nc(-c3cccs3)cc(-c3ccccc3)c2c1N.Nc1c(SCc2ccccc2)sc2nc(-c3cccs3)cc(-c3ccccc3)c12. The maximum atomic E-state index is 12.1. The summed E-state index contributed by atoms with van der Waals surface area (Å²) in [6, 6.07) is 43.1. The summed E-state index contributed by atoms with van der Waals surface area (Å²) in [5.74, 6) is 0.899. The predicted molar refractivity (Wildman–Crippen MR) is 235 cm³/mol. The zero-order valence-electron chi connectivity index (χ0n) is 28.8. The summed E-state index contributed by atoms with van der Waals surface area (Å²) >= 11 is 7.93. The quantitative estimate of drug-likeness (QED) is 0.147. The van der Waals surface area contributed by atoms with Gasteiger partial charge in [-0.25, -0.2) is 18.4 Å². The largest absolute Gasteiger partial charge is 0.397 e. The second-order valence-corrected chi connectivity index (χ2v) is 19.7. The van der Waals surface area contributed by atoms with Crippen molar-refractivity contribution in [1.82, 2.24) is 9.97 Å². The minimum absolute atomic E-state index is 0.176. The van der Waals surface area contributed by atoms with Gasteiger partial charge in [0.1, 0.15) is 13.9 Å². The van der Waals surface area contributed by atoms with E-state index in [0.29, 0.717) is 10.2 Å². The summed E-state index contributed by atoms with van der Waals surface area (Å²) in [7, 11) is -3.40. The van der Waals surface area contributed by atoms with Gasteiger partial charge in [0.2, 0.25) is 0 Å². The Hall–Kier alpha value is -4.82. The molecule has 0 aliphatic carbocycles. The number of thiophene rings is 4. The molecule has 12 heteroatoms. The molecule has 0 saturated carbocycles. The Kier molecular flexibility index (Phi) is 10.4. The monoisotopic (exact) mass is 816 g/mol. The molecule has 0 fully saturated rings. The van der Waals surface area contributed by atoms with Crippen LogP contribution in [0.5, 0.6) is 0 Å². The highest BCUT2D eigenvalue weighted by Gasteiger charge is 2.23. The average Bonchev–Trinajstić information content (AvgIpc) is 4.03. The predicted octanol–water partition coefficient (Wildman–Crippen LogP) is 12.2. The lowest BCUT2D eigenvalue weighted by atomic mass is 10.0. The van der Waals surface area contributed by atoms with Gasteiger partial charge in [-0.2, -0.15) is 0 Å². The number of pyridine rings is 2. The van der Waals surface area contributed by atoms with Crippen molar-refractivity contribution in [3.05, 3.63) is 144 Å². The number of anilines is 2. The Morgan fingerprint density at radius 1 is 0.611 bits per heavy atom. The summed E-state index contributed by atoms with van der Waals surface area (Å²) in [4.78, 5) is 13.5. The van der Waals surface area contributed by atoms with Crippen LogP contribution in [0, 0.1) is 0 Å². The van der Waals surface area contributed by atoms with Crippen LogP contribution in [0.3, 0.4) is 0 Å². The highest BCUT2D eigenvalue weighted by Crippen LogP contribution is 2.46. The van der Waals surface area contributed by atoms with Crippen LogP contribution in [-0.4, -0.2) is 24.6 Å².